The number of benzene rings is 4. The zero-order chi connectivity index (χ0) is 54.5. The molecule has 4 amide bonds. The standard InChI is InChI=1S/C57H78N4O12Si2/c1-56(2,3)74(9,10)72-34-37-20-17-26-60(37)52(62)43-30-48(67-7)50(32-46(43)58-54(64)65)69-28-19-29-70-51-33-47(59-55(66)71-36-45-41-24-15-13-22-39(41)40-23-14-16-25-42(40)45)44(31-49(51)68-8)53(63)61-27-18-21-38(61)35-73-75(11,12)57(4,5)6/h13-16,22-25,30-33,37-38,45,58H,17-21,26-29,34-36H2,1-12H3,(H,59,66)(H,64,65). The van der Waals surface area contributed by atoms with Crippen molar-refractivity contribution < 1.29 is 56.8 Å². The van der Waals surface area contributed by atoms with Gasteiger partial charge in [0.15, 0.2) is 39.6 Å². The summed E-state index contributed by atoms with van der Waals surface area (Å²) < 4.78 is 43.1. The van der Waals surface area contributed by atoms with Crippen LogP contribution in [0.25, 0.3) is 11.1 Å². The first-order valence-corrected chi connectivity index (χ1v) is 32.0. The molecule has 0 spiro atoms. The van der Waals surface area contributed by atoms with Crippen LogP contribution in [0.1, 0.15) is 111 Å². The summed E-state index contributed by atoms with van der Waals surface area (Å²) in [7, 11) is -1.26. The maximum Gasteiger partial charge on any atom is 0.411 e. The van der Waals surface area contributed by atoms with Crippen LogP contribution in [0, 0.1) is 0 Å². The molecule has 406 valence electrons. The fourth-order valence-electron chi connectivity index (χ4n) is 9.41. The van der Waals surface area contributed by atoms with E-state index in [0.717, 1.165) is 47.9 Å². The molecule has 18 heteroatoms. The van der Waals surface area contributed by atoms with E-state index in [0.29, 0.717) is 32.7 Å². The number of hydrogen-bond donors (Lipinski definition) is 3. The molecule has 7 rings (SSSR count). The SMILES string of the molecule is COc1cc(C(=O)N2CCCC2CO[Si](C)(C)C(C)(C)C)c(NC(=O)O)cc1OCCCOc1cc(NC(=O)OCC2c3ccccc3-c3ccccc32)c(C(=O)N2CCCC2CO[Si](C)(C)C(C)(C)C)cc1OC. The zero-order valence-corrected chi connectivity index (χ0v) is 48.0. The second kappa shape index (κ2) is 23.4. The molecule has 2 fully saturated rings. The van der Waals surface area contributed by atoms with Crippen molar-refractivity contribution in [2.24, 2.45) is 0 Å². The van der Waals surface area contributed by atoms with E-state index in [9.17, 15) is 24.3 Å². The molecule has 75 heavy (non-hydrogen) atoms. The summed E-state index contributed by atoms with van der Waals surface area (Å²) in [6, 6.07) is 22.0. The highest BCUT2D eigenvalue weighted by Gasteiger charge is 2.42. The van der Waals surface area contributed by atoms with Gasteiger partial charge in [-0.3, -0.25) is 20.2 Å². The van der Waals surface area contributed by atoms with Crippen molar-refractivity contribution in [3.05, 3.63) is 95.1 Å². The summed E-state index contributed by atoms with van der Waals surface area (Å²) in [6.45, 7) is 24.0. The Morgan fingerprint density at radius 1 is 0.613 bits per heavy atom. The van der Waals surface area contributed by atoms with Gasteiger partial charge in [0, 0.05) is 37.6 Å². The minimum atomic E-state index is -2.12. The first-order chi connectivity index (χ1) is 35.4. The Kier molecular flexibility index (Phi) is 17.7. The molecule has 4 aromatic rings. The predicted octanol–water partition coefficient (Wildman–Crippen LogP) is 12.3. The fraction of sp³-hybridized carbons (Fsp3) is 0.509. The highest BCUT2D eigenvalue weighted by Crippen LogP contribution is 2.45. The topological polar surface area (TPSA) is 184 Å². The fourth-order valence-corrected chi connectivity index (χ4v) is 11.5. The summed E-state index contributed by atoms with van der Waals surface area (Å²) in [5.41, 5.74) is 4.97. The molecular formula is C57H78N4O12Si2. The second-order valence-corrected chi connectivity index (χ2v) is 32.4. The van der Waals surface area contributed by atoms with Gasteiger partial charge in [0.2, 0.25) is 0 Å². The number of carbonyl (C=O) groups excluding carboxylic acids is 3. The Bertz CT molecular complexity index is 2670. The molecule has 3 N–H and O–H groups in total. The van der Waals surface area contributed by atoms with Gasteiger partial charge in [0.25, 0.3) is 11.8 Å². The van der Waals surface area contributed by atoms with Crippen molar-refractivity contribution in [2.75, 3.05) is 71.0 Å². The van der Waals surface area contributed by atoms with Crippen LogP contribution in [-0.2, 0) is 13.6 Å². The van der Waals surface area contributed by atoms with Crippen LogP contribution < -0.4 is 29.6 Å². The number of amides is 4. The average molecular weight is 1070 g/mol. The molecule has 0 bridgehead atoms. The van der Waals surface area contributed by atoms with Crippen LogP contribution >= 0.6 is 0 Å². The Morgan fingerprint density at radius 3 is 1.45 bits per heavy atom. The van der Waals surface area contributed by atoms with E-state index in [1.54, 1.807) is 17.0 Å². The van der Waals surface area contributed by atoms with E-state index in [2.05, 4.69) is 103 Å². The maximum atomic E-state index is 14.7. The maximum absolute atomic E-state index is 14.7. The molecule has 0 aromatic heterocycles. The monoisotopic (exact) mass is 1070 g/mol. The van der Waals surface area contributed by atoms with E-state index >= 15 is 0 Å². The number of ether oxygens (including phenoxy) is 5. The molecule has 16 nitrogen and oxygen atoms in total. The average Bonchev–Trinajstić information content (AvgIpc) is 4.11. The molecule has 2 saturated heterocycles. The van der Waals surface area contributed by atoms with Crippen molar-refractivity contribution in [1.29, 1.82) is 0 Å². The lowest BCUT2D eigenvalue weighted by molar-refractivity contribution is 0.0678. The number of carbonyl (C=O) groups is 4. The number of anilines is 2. The highest BCUT2D eigenvalue weighted by atomic mass is 28.4. The Labute approximate surface area is 444 Å². The molecule has 1 aliphatic carbocycles. The molecule has 2 unspecified atom stereocenters. The van der Waals surface area contributed by atoms with E-state index in [1.165, 1.54) is 26.4 Å². The summed E-state index contributed by atoms with van der Waals surface area (Å²) in [5.74, 6) is 0.243. The smallest absolute Gasteiger partial charge is 0.411 e. The van der Waals surface area contributed by atoms with Crippen molar-refractivity contribution >= 4 is 52.0 Å². The normalized spacial score (nSPS) is 16.8. The lowest BCUT2D eigenvalue weighted by Crippen LogP contribution is -2.46. The van der Waals surface area contributed by atoms with Crippen LogP contribution in [-0.4, -0.2) is 128 Å². The third kappa shape index (κ3) is 13.0. The number of carboxylic acid groups (broad SMARTS) is 1. The van der Waals surface area contributed by atoms with Gasteiger partial charge in [-0.1, -0.05) is 90.1 Å². The third-order valence-corrected chi connectivity index (χ3v) is 24.9. The summed E-state index contributed by atoms with van der Waals surface area (Å²) >= 11 is 0. The number of hydrogen-bond acceptors (Lipinski definition) is 11. The zero-order valence-electron chi connectivity index (χ0n) is 46.0. The summed E-state index contributed by atoms with van der Waals surface area (Å²) in [4.78, 5) is 58.4. The van der Waals surface area contributed by atoms with Gasteiger partial charge in [-0.05, 0) is 96.3 Å². The quantitative estimate of drug-likeness (QED) is 0.0563. The predicted molar refractivity (Wildman–Crippen MR) is 296 cm³/mol. The van der Waals surface area contributed by atoms with E-state index in [1.807, 2.05) is 29.2 Å². The number of nitrogens with zero attached hydrogens (tertiary/aromatic N) is 2. The Balaban J connectivity index is 1.07. The minimum Gasteiger partial charge on any atom is -0.493 e. The molecular weight excluding hydrogens is 989 g/mol. The van der Waals surface area contributed by atoms with Crippen LogP contribution in [0.3, 0.4) is 0 Å². The molecule has 4 aromatic carbocycles. The van der Waals surface area contributed by atoms with Crippen molar-refractivity contribution in [1.82, 2.24) is 9.80 Å². The van der Waals surface area contributed by atoms with Crippen molar-refractivity contribution in [3.63, 3.8) is 0 Å². The van der Waals surface area contributed by atoms with Gasteiger partial charge >= 0.3 is 12.2 Å². The van der Waals surface area contributed by atoms with Gasteiger partial charge in [-0.2, -0.15) is 0 Å². The Morgan fingerprint density at radius 2 is 1.04 bits per heavy atom. The third-order valence-electron chi connectivity index (χ3n) is 15.9. The molecule has 0 radical (unpaired) electrons. The van der Waals surface area contributed by atoms with Crippen LogP contribution in [0.15, 0.2) is 72.8 Å². The number of nitrogens with one attached hydrogen (secondary N) is 2. The van der Waals surface area contributed by atoms with Crippen LogP contribution in [0.4, 0.5) is 21.0 Å². The number of fused-ring (bicyclic) bond motifs is 3. The second-order valence-electron chi connectivity index (χ2n) is 22.8. The summed E-state index contributed by atoms with van der Waals surface area (Å²) in [5, 5.41) is 15.1. The summed E-state index contributed by atoms with van der Waals surface area (Å²) in [6.07, 6.45) is 1.44. The van der Waals surface area contributed by atoms with Gasteiger partial charge < -0.3 is 47.4 Å². The Hall–Kier alpha value is -6.09. The number of rotatable bonds is 20. The van der Waals surface area contributed by atoms with Crippen LogP contribution in [0.2, 0.25) is 36.3 Å². The first kappa shape index (κ1) is 56.6. The molecule has 3 aliphatic rings. The highest BCUT2D eigenvalue weighted by molar-refractivity contribution is 6.74. The van der Waals surface area contributed by atoms with E-state index < -0.39 is 28.8 Å². The first-order valence-electron chi connectivity index (χ1n) is 26.2. The number of methoxy groups -OCH3 is 2. The number of likely N-dealkylation sites (tertiary alicyclic amines) is 2. The van der Waals surface area contributed by atoms with Crippen LogP contribution in [0.5, 0.6) is 23.0 Å². The molecule has 2 atom stereocenters. The molecule has 2 heterocycles. The minimum absolute atomic E-state index is 0.00210. The van der Waals surface area contributed by atoms with E-state index in [-0.39, 0.29) is 105 Å². The lowest BCUT2D eigenvalue weighted by atomic mass is 9.98. The van der Waals surface area contributed by atoms with Crippen molar-refractivity contribution in [2.45, 2.75) is 128 Å². The van der Waals surface area contributed by atoms with Gasteiger partial charge in [-0.15, -0.1) is 0 Å². The van der Waals surface area contributed by atoms with Gasteiger partial charge in [-0.25, -0.2) is 9.59 Å². The van der Waals surface area contributed by atoms with Gasteiger partial charge in [0.1, 0.15) is 6.61 Å². The lowest BCUT2D eigenvalue weighted by Gasteiger charge is -2.38. The molecule has 2 aliphatic heterocycles. The van der Waals surface area contributed by atoms with Crippen molar-refractivity contribution in [3.8, 4) is 34.1 Å². The largest absolute Gasteiger partial charge is 0.493 e. The molecule has 0 saturated carbocycles. The van der Waals surface area contributed by atoms with Gasteiger partial charge in [0.05, 0.1) is 75.2 Å². The van der Waals surface area contributed by atoms with E-state index in [4.69, 9.17) is 32.5 Å².